The van der Waals surface area contributed by atoms with Gasteiger partial charge in [-0.05, 0) is 18.4 Å². The van der Waals surface area contributed by atoms with Crippen LogP contribution in [0.5, 0.6) is 0 Å². The summed E-state index contributed by atoms with van der Waals surface area (Å²) in [4.78, 5) is 11.1. The fourth-order valence-electron chi connectivity index (χ4n) is 3.50. The monoisotopic (exact) mass is 386 g/mol. The SMILES string of the molecule is CCCCCC(F)(F)c1oc2c(-c3ccccc3)cccc2c1CCC(=O)O. The van der Waals surface area contributed by atoms with Gasteiger partial charge in [0.2, 0.25) is 0 Å². The van der Waals surface area contributed by atoms with E-state index in [4.69, 9.17) is 9.52 Å². The van der Waals surface area contributed by atoms with Gasteiger partial charge in [-0.2, -0.15) is 8.78 Å². The van der Waals surface area contributed by atoms with Crippen LogP contribution in [0.4, 0.5) is 8.78 Å². The number of hydrogen-bond acceptors (Lipinski definition) is 2. The van der Waals surface area contributed by atoms with Gasteiger partial charge in [-0.25, -0.2) is 0 Å². The van der Waals surface area contributed by atoms with E-state index in [9.17, 15) is 13.6 Å². The molecule has 5 heteroatoms. The third-order valence-electron chi connectivity index (χ3n) is 4.92. The van der Waals surface area contributed by atoms with Crippen molar-refractivity contribution in [3.8, 4) is 11.1 Å². The van der Waals surface area contributed by atoms with Crippen LogP contribution in [0.3, 0.4) is 0 Å². The maximum Gasteiger partial charge on any atom is 0.305 e. The average Bonchev–Trinajstić information content (AvgIpc) is 3.07. The lowest BCUT2D eigenvalue weighted by Crippen LogP contribution is -2.15. The van der Waals surface area contributed by atoms with E-state index in [1.807, 2.05) is 43.3 Å². The Balaban J connectivity index is 2.13. The summed E-state index contributed by atoms with van der Waals surface area (Å²) in [7, 11) is 0. The van der Waals surface area contributed by atoms with E-state index >= 15 is 0 Å². The number of para-hydroxylation sites is 1. The molecule has 0 saturated heterocycles. The molecular weight excluding hydrogens is 362 g/mol. The molecule has 3 rings (SSSR count). The zero-order valence-electron chi connectivity index (χ0n) is 15.9. The lowest BCUT2D eigenvalue weighted by Gasteiger charge is -2.15. The number of hydrogen-bond donors (Lipinski definition) is 1. The topological polar surface area (TPSA) is 50.4 Å². The molecule has 0 aliphatic carbocycles. The Bertz CT molecular complexity index is 945. The van der Waals surface area contributed by atoms with Crippen molar-refractivity contribution >= 4 is 16.9 Å². The van der Waals surface area contributed by atoms with Crippen LogP contribution in [0.15, 0.2) is 52.9 Å². The highest BCUT2D eigenvalue weighted by Gasteiger charge is 2.38. The highest BCUT2D eigenvalue weighted by molar-refractivity contribution is 5.95. The Morgan fingerprint density at radius 1 is 1.07 bits per heavy atom. The molecule has 0 radical (unpaired) electrons. The Hall–Kier alpha value is -2.69. The molecule has 0 unspecified atom stereocenters. The Labute approximate surface area is 163 Å². The number of carboxylic acid groups (broad SMARTS) is 1. The van der Waals surface area contributed by atoms with E-state index in [1.165, 1.54) is 0 Å². The van der Waals surface area contributed by atoms with Crippen molar-refractivity contribution in [2.45, 2.75) is 51.4 Å². The van der Waals surface area contributed by atoms with Crippen molar-refractivity contribution in [1.29, 1.82) is 0 Å². The Morgan fingerprint density at radius 3 is 2.50 bits per heavy atom. The minimum Gasteiger partial charge on any atom is -0.481 e. The third-order valence-corrected chi connectivity index (χ3v) is 4.92. The molecule has 2 aromatic carbocycles. The van der Waals surface area contributed by atoms with E-state index in [1.54, 1.807) is 12.1 Å². The number of benzene rings is 2. The van der Waals surface area contributed by atoms with Gasteiger partial charge in [-0.3, -0.25) is 4.79 Å². The van der Waals surface area contributed by atoms with Gasteiger partial charge in [-0.1, -0.05) is 68.3 Å². The van der Waals surface area contributed by atoms with Crippen LogP contribution in [-0.4, -0.2) is 11.1 Å². The number of furan rings is 1. The van der Waals surface area contributed by atoms with Crippen molar-refractivity contribution in [1.82, 2.24) is 0 Å². The average molecular weight is 386 g/mol. The third kappa shape index (κ3) is 4.24. The minimum atomic E-state index is -3.13. The largest absolute Gasteiger partial charge is 0.481 e. The van der Waals surface area contributed by atoms with E-state index in [2.05, 4.69) is 0 Å². The molecule has 1 aromatic heterocycles. The summed E-state index contributed by atoms with van der Waals surface area (Å²) >= 11 is 0. The smallest absolute Gasteiger partial charge is 0.305 e. The molecule has 3 nitrogen and oxygen atoms in total. The van der Waals surface area contributed by atoms with Gasteiger partial charge in [0.15, 0.2) is 5.76 Å². The van der Waals surface area contributed by atoms with E-state index in [0.29, 0.717) is 23.0 Å². The van der Waals surface area contributed by atoms with Crippen molar-refractivity contribution in [3.05, 3.63) is 59.9 Å². The number of fused-ring (bicyclic) bond motifs is 1. The summed E-state index contributed by atoms with van der Waals surface area (Å²) in [6, 6.07) is 14.8. The van der Waals surface area contributed by atoms with Crippen LogP contribution >= 0.6 is 0 Å². The molecule has 0 aliphatic heterocycles. The highest BCUT2D eigenvalue weighted by atomic mass is 19.3. The predicted octanol–water partition coefficient (Wildman–Crippen LogP) is 6.79. The van der Waals surface area contributed by atoms with Gasteiger partial charge >= 0.3 is 11.9 Å². The Kier molecular flexibility index (Phi) is 6.12. The fourth-order valence-corrected chi connectivity index (χ4v) is 3.50. The second-order valence-electron chi connectivity index (χ2n) is 7.01. The van der Waals surface area contributed by atoms with Crippen LogP contribution in [-0.2, 0) is 17.1 Å². The molecule has 1 N–H and O–H groups in total. The van der Waals surface area contributed by atoms with E-state index in [-0.39, 0.29) is 25.0 Å². The quantitative estimate of drug-likeness (QED) is 0.412. The van der Waals surface area contributed by atoms with Gasteiger partial charge in [0.1, 0.15) is 5.58 Å². The van der Waals surface area contributed by atoms with Crippen molar-refractivity contribution in [3.63, 3.8) is 0 Å². The molecule has 0 aliphatic rings. The standard InChI is InChI=1S/C23H24F2O3/c1-2-3-7-15-23(24,25)22-19(13-14-20(26)27)18-12-8-11-17(21(18)28-22)16-9-5-4-6-10-16/h4-6,8-12H,2-3,7,13-15H2,1H3,(H,26,27). The molecule has 0 bridgehead atoms. The molecule has 0 saturated carbocycles. The van der Waals surface area contributed by atoms with Gasteiger partial charge in [-0.15, -0.1) is 0 Å². The van der Waals surface area contributed by atoms with Crippen LogP contribution in [0.1, 0.15) is 50.4 Å². The molecule has 148 valence electrons. The number of alkyl halides is 2. The summed E-state index contributed by atoms with van der Waals surface area (Å²) in [5, 5.41) is 9.63. The number of unbranched alkanes of at least 4 members (excludes halogenated alkanes) is 2. The second kappa shape index (κ2) is 8.55. The van der Waals surface area contributed by atoms with E-state index < -0.39 is 11.9 Å². The summed E-state index contributed by atoms with van der Waals surface area (Å²) in [5.41, 5.74) is 2.29. The van der Waals surface area contributed by atoms with Crippen LogP contribution in [0.2, 0.25) is 0 Å². The van der Waals surface area contributed by atoms with Gasteiger partial charge in [0.05, 0.1) is 0 Å². The normalized spacial score (nSPS) is 11.8. The van der Waals surface area contributed by atoms with Crippen LogP contribution in [0.25, 0.3) is 22.1 Å². The zero-order chi connectivity index (χ0) is 20.1. The number of halogens is 2. The lowest BCUT2D eigenvalue weighted by molar-refractivity contribution is -0.137. The molecule has 0 amide bonds. The summed E-state index contributed by atoms with van der Waals surface area (Å²) in [6.07, 6.45) is 1.45. The molecule has 0 fully saturated rings. The summed E-state index contributed by atoms with van der Waals surface area (Å²) in [5.74, 6) is -4.53. The van der Waals surface area contributed by atoms with Gasteiger partial charge in [0.25, 0.3) is 0 Å². The first-order valence-corrected chi connectivity index (χ1v) is 9.64. The number of aryl methyl sites for hydroxylation is 1. The van der Waals surface area contributed by atoms with E-state index in [0.717, 1.165) is 24.0 Å². The second-order valence-corrected chi connectivity index (χ2v) is 7.01. The van der Waals surface area contributed by atoms with Gasteiger partial charge < -0.3 is 9.52 Å². The zero-order valence-corrected chi connectivity index (χ0v) is 15.9. The highest BCUT2D eigenvalue weighted by Crippen LogP contribution is 2.43. The molecule has 0 spiro atoms. The number of carboxylic acids is 1. The summed E-state index contributed by atoms with van der Waals surface area (Å²) in [6.45, 7) is 1.96. The maximum atomic E-state index is 15.0. The summed E-state index contributed by atoms with van der Waals surface area (Å²) < 4.78 is 35.8. The Morgan fingerprint density at radius 2 is 1.82 bits per heavy atom. The van der Waals surface area contributed by atoms with Gasteiger partial charge in [0, 0.05) is 29.4 Å². The number of aliphatic carboxylic acids is 1. The predicted molar refractivity (Wildman–Crippen MR) is 106 cm³/mol. The lowest BCUT2D eigenvalue weighted by atomic mass is 9.97. The first kappa shape index (κ1) is 20.1. The van der Waals surface area contributed by atoms with Crippen molar-refractivity contribution < 1.29 is 23.1 Å². The molecule has 3 aromatic rings. The number of carbonyl (C=O) groups is 1. The van der Waals surface area contributed by atoms with Crippen molar-refractivity contribution in [2.75, 3.05) is 0 Å². The first-order valence-electron chi connectivity index (χ1n) is 9.64. The molecule has 1 heterocycles. The first-order chi connectivity index (χ1) is 13.4. The fraction of sp³-hybridized carbons (Fsp3) is 0.348. The molecule has 28 heavy (non-hydrogen) atoms. The minimum absolute atomic E-state index is 0.0132. The number of rotatable bonds is 9. The van der Waals surface area contributed by atoms with Crippen molar-refractivity contribution in [2.24, 2.45) is 0 Å². The van der Waals surface area contributed by atoms with Crippen LogP contribution < -0.4 is 0 Å². The molecular formula is C23H24F2O3. The molecule has 0 atom stereocenters. The van der Waals surface area contributed by atoms with Crippen LogP contribution in [0, 0.1) is 0 Å². The maximum absolute atomic E-state index is 15.0.